The molecular weight excluding hydrogens is 476 g/mol. The summed E-state index contributed by atoms with van der Waals surface area (Å²) >= 11 is 51.6. The van der Waals surface area contributed by atoms with Crippen molar-refractivity contribution in [3.05, 3.63) is 20.1 Å². The van der Waals surface area contributed by atoms with Crippen molar-refractivity contribution < 1.29 is 14.3 Å². The average Bonchev–Trinajstić information content (AvgIpc) is 2.82. The van der Waals surface area contributed by atoms with Gasteiger partial charge in [0.05, 0.1) is 15.1 Å². The minimum Gasteiger partial charge on any atom is -0.349 e. The Hall–Kier alpha value is 1.39. The number of Topliss-reactive ketones (excluding diaryl/α,β-unsaturated/α-hetero) is 1. The second kappa shape index (κ2) is 5.01. The Labute approximate surface area is 171 Å². The van der Waals surface area contributed by atoms with E-state index in [-0.39, 0.29) is 15.1 Å². The number of allylic oxidation sites excluding steroid dienone is 2. The summed E-state index contributed by atoms with van der Waals surface area (Å²) in [6.07, 6.45) is 0. The number of alkyl halides is 4. The molecule has 3 aliphatic carbocycles. The van der Waals surface area contributed by atoms with Gasteiger partial charge in [-0.2, -0.15) is 0 Å². The number of ketones is 1. The number of carbonyl (C=O) groups is 1. The first-order valence-electron chi connectivity index (χ1n) is 5.94. The van der Waals surface area contributed by atoms with E-state index in [0.29, 0.717) is 0 Å². The van der Waals surface area contributed by atoms with Gasteiger partial charge in [-0.3, -0.25) is 4.79 Å². The number of hydrogen-bond acceptors (Lipinski definition) is 3. The van der Waals surface area contributed by atoms with Gasteiger partial charge in [0.25, 0.3) is 0 Å². The molecule has 3 rings (SSSR count). The van der Waals surface area contributed by atoms with Crippen LogP contribution in [0.2, 0.25) is 0 Å². The number of ether oxygens (including phenoxy) is 2. The first-order chi connectivity index (χ1) is 10.4. The summed E-state index contributed by atoms with van der Waals surface area (Å²) < 4.78 is 10.9. The molecule has 0 saturated heterocycles. The molecule has 128 valence electrons. The third kappa shape index (κ3) is 1.37. The van der Waals surface area contributed by atoms with E-state index in [9.17, 15) is 4.79 Å². The zero-order valence-corrected chi connectivity index (χ0v) is 17.3. The fraction of sp³-hybridized carbons (Fsp3) is 0.583. The SMILES string of the molecule is COC1(OC)[C@]2(Cl)C(Cl)=C(Cl)[C@]1(Cl)[C@@]1(Cl)C(Cl)=C(Cl)C(=O)[C@@]12Cl. The molecular formula is C12H6Cl8O3. The van der Waals surface area contributed by atoms with Crippen molar-refractivity contribution in [1.82, 2.24) is 0 Å². The first-order valence-corrected chi connectivity index (χ1v) is 8.96. The van der Waals surface area contributed by atoms with Crippen molar-refractivity contribution in [2.45, 2.75) is 25.3 Å². The van der Waals surface area contributed by atoms with E-state index >= 15 is 0 Å². The van der Waals surface area contributed by atoms with Crippen molar-refractivity contribution in [2.24, 2.45) is 0 Å². The molecule has 2 bridgehead atoms. The van der Waals surface area contributed by atoms with Crippen LogP contribution in [0.25, 0.3) is 0 Å². The molecule has 0 spiro atoms. The standard InChI is InChI=1S/C12H6Cl8O3/c1-22-12(23-2)9(18)5(15)6(16)10(12,19)11(20)7(21)3(13)4(14)8(9,11)17/h1-2H3/t8-,9-,10-,11+/m0/s1. The van der Waals surface area contributed by atoms with E-state index in [2.05, 4.69) is 0 Å². The predicted octanol–water partition coefficient (Wildman–Crippen LogP) is 4.87. The minimum atomic E-state index is -2.18. The molecule has 0 aliphatic heterocycles. The summed E-state index contributed by atoms with van der Waals surface area (Å²) in [6, 6.07) is 0. The minimum absolute atomic E-state index is 0.192. The molecule has 4 atom stereocenters. The van der Waals surface area contributed by atoms with Gasteiger partial charge >= 0.3 is 0 Å². The van der Waals surface area contributed by atoms with Gasteiger partial charge in [-0.1, -0.05) is 46.4 Å². The highest BCUT2D eigenvalue weighted by molar-refractivity contribution is 6.70. The molecule has 0 radical (unpaired) electrons. The lowest BCUT2D eigenvalue weighted by Gasteiger charge is -2.43. The highest BCUT2D eigenvalue weighted by Crippen LogP contribution is 2.83. The van der Waals surface area contributed by atoms with Gasteiger partial charge in [0.15, 0.2) is 14.6 Å². The summed E-state index contributed by atoms with van der Waals surface area (Å²) in [5.41, 5.74) is 0. The Morgan fingerprint density at radius 2 is 1.09 bits per heavy atom. The van der Waals surface area contributed by atoms with E-state index in [0.717, 1.165) is 0 Å². The van der Waals surface area contributed by atoms with E-state index in [1.807, 2.05) is 0 Å². The topological polar surface area (TPSA) is 35.5 Å². The maximum atomic E-state index is 12.8. The number of hydrogen-bond donors (Lipinski definition) is 0. The van der Waals surface area contributed by atoms with Crippen LogP contribution in [0.5, 0.6) is 0 Å². The van der Waals surface area contributed by atoms with Crippen LogP contribution in [0, 0.1) is 0 Å². The number of rotatable bonds is 2. The van der Waals surface area contributed by atoms with E-state index < -0.39 is 36.1 Å². The summed E-state index contributed by atoms with van der Waals surface area (Å²) in [7, 11) is 2.48. The second-order valence-electron chi connectivity index (χ2n) is 5.24. The molecule has 3 nitrogen and oxygen atoms in total. The van der Waals surface area contributed by atoms with Gasteiger partial charge in [0.1, 0.15) is 9.91 Å². The van der Waals surface area contributed by atoms with Crippen molar-refractivity contribution in [3.8, 4) is 0 Å². The number of fused-ring (bicyclic) bond motifs is 5. The fourth-order valence-corrected chi connectivity index (χ4v) is 8.06. The molecule has 1 fully saturated rings. The van der Waals surface area contributed by atoms with Crippen LogP contribution in [0.1, 0.15) is 0 Å². The molecule has 0 aromatic heterocycles. The molecule has 0 heterocycles. The summed E-state index contributed by atoms with van der Waals surface area (Å²) in [5.74, 6) is -2.83. The highest BCUT2D eigenvalue weighted by atomic mass is 35.5. The van der Waals surface area contributed by atoms with Crippen LogP contribution in [0.4, 0.5) is 0 Å². The number of methoxy groups -OCH3 is 2. The third-order valence-electron chi connectivity index (χ3n) is 4.71. The molecule has 0 aromatic rings. The van der Waals surface area contributed by atoms with Gasteiger partial charge in [-0.25, -0.2) is 0 Å². The van der Waals surface area contributed by atoms with Crippen LogP contribution in [0.3, 0.4) is 0 Å². The van der Waals surface area contributed by atoms with Crippen LogP contribution < -0.4 is 0 Å². The van der Waals surface area contributed by atoms with E-state index in [4.69, 9.17) is 102 Å². The lowest BCUT2D eigenvalue weighted by molar-refractivity contribution is -0.218. The predicted molar refractivity (Wildman–Crippen MR) is 93.6 cm³/mol. The monoisotopic (exact) mass is 478 g/mol. The smallest absolute Gasteiger partial charge is 0.221 e. The fourth-order valence-electron chi connectivity index (χ4n) is 3.72. The van der Waals surface area contributed by atoms with Gasteiger partial charge < -0.3 is 9.47 Å². The Balaban J connectivity index is 2.56. The van der Waals surface area contributed by atoms with Crippen molar-refractivity contribution in [3.63, 3.8) is 0 Å². The van der Waals surface area contributed by atoms with Crippen molar-refractivity contribution >= 4 is 98.6 Å². The van der Waals surface area contributed by atoms with Crippen LogP contribution in [0.15, 0.2) is 20.1 Å². The van der Waals surface area contributed by atoms with Gasteiger partial charge in [0.2, 0.25) is 11.6 Å². The Morgan fingerprint density at radius 3 is 1.48 bits per heavy atom. The summed E-state index contributed by atoms with van der Waals surface area (Å²) in [5, 5.41) is -1.12. The lowest BCUT2D eigenvalue weighted by Crippen LogP contribution is -2.62. The Bertz CT molecular complexity index is 715. The van der Waals surface area contributed by atoms with Gasteiger partial charge in [-0.15, -0.1) is 46.4 Å². The van der Waals surface area contributed by atoms with E-state index in [1.165, 1.54) is 14.2 Å². The van der Waals surface area contributed by atoms with Gasteiger partial charge in [-0.05, 0) is 0 Å². The maximum Gasteiger partial charge on any atom is 0.221 e. The molecule has 11 heteroatoms. The lowest BCUT2D eigenvalue weighted by atomic mass is 9.82. The van der Waals surface area contributed by atoms with Crippen molar-refractivity contribution in [2.75, 3.05) is 14.2 Å². The first kappa shape index (κ1) is 19.2. The quantitative estimate of drug-likeness (QED) is 0.417. The molecule has 0 aromatic carbocycles. The molecule has 0 unspecified atom stereocenters. The van der Waals surface area contributed by atoms with E-state index in [1.54, 1.807) is 0 Å². The van der Waals surface area contributed by atoms with Crippen LogP contribution in [-0.4, -0.2) is 45.3 Å². The largest absolute Gasteiger partial charge is 0.349 e. The third-order valence-corrected chi connectivity index (χ3v) is 10.2. The second-order valence-corrected chi connectivity index (χ2v) is 9.02. The van der Waals surface area contributed by atoms with Crippen molar-refractivity contribution in [1.29, 1.82) is 0 Å². The Morgan fingerprint density at radius 1 is 0.696 bits per heavy atom. The molecule has 0 N–H and O–H groups in total. The summed E-state index contributed by atoms with van der Waals surface area (Å²) in [4.78, 5) is 4.47. The average molecular weight is 482 g/mol. The number of halogens is 8. The van der Waals surface area contributed by atoms with Crippen LogP contribution >= 0.6 is 92.8 Å². The normalized spacial score (nSPS) is 47.8. The van der Waals surface area contributed by atoms with Crippen LogP contribution in [-0.2, 0) is 14.3 Å². The Kier molecular flexibility index (Phi) is 4.17. The zero-order valence-electron chi connectivity index (χ0n) is 11.2. The summed E-state index contributed by atoms with van der Waals surface area (Å²) in [6.45, 7) is 0. The van der Waals surface area contributed by atoms with Gasteiger partial charge in [0, 0.05) is 14.2 Å². The number of carbonyl (C=O) groups excluding carboxylic acids is 1. The molecule has 23 heavy (non-hydrogen) atoms. The maximum absolute atomic E-state index is 12.8. The highest BCUT2D eigenvalue weighted by Gasteiger charge is 2.99. The molecule has 0 amide bonds. The molecule has 1 saturated carbocycles. The molecule has 3 aliphatic rings. The zero-order chi connectivity index (χ0) is 17.8.